The van der Waals surface area contributed by atoms with E-state index in [2.05, 4.69) is 15.9 Å². The first-order valence-electron chi connectivity index (χ1n) is 6.62. The molecule has 0 aliphatic carbocycles. The van der Waals surface area contributed by atoms with Crippen molar-refractivity contribution in [3.8, 4) is 0 Å². The van der Waals surface area contributed by atoms with Crippen molar-refractivity contribution in [1.82, 2.24) is 4.31 Å². The number of benzene rings is 1. The van der Waals surface area contributed by atoms with E-state index < -0.39 is 10.0 Å². The van der Waals surface area contributed by atoms with Gasteiger partial charge in [0.25, 0.3) is 0 Å². The van der Waals surface area contributed by atoms with Gasteiger partial charge in [0.1, 0.15) is 0 Å². The number of sulfonamides is 1. The molecule has 5 nitrogen and oxygen atoms in total. The van der Waals surface area contributed by atoms with Crippen LogP contribution in [-0.4, -0.2) is 38.5 Å². The van der Waals surface area contributed by atoms with Gasteiger partial charge in [0, 0.05) is 29.9 Å². The Kier molecular flexibility index (Phi) is 5.06. The van der Waals surface area contributed by atoms with Crippen LogP contribution in [0.5, 0.6) is 0 Å². The van der Waals surface area contributed by atoms with E-state index in [-0.39, 0.29) is 11.0 Å². The summed E-state index contributed by atoms with van der Waals surface area (Å²) < 4.78 is 32.7. The lowest BCUT2D eigenvalue weighted by atomic mass is 10.1. The number of nitrogens with zero attached hydrogens (tertiary/aromatic N) is 1. The van der Waals surface area contributed by atoms with Gasteiger partial charge >= 0.3 is 0 Å². The molecule has 0 amide bonds. The molecular formula is C13H19BrN2O3S. The van der Waals surface area contributed by atoms with Crippen molar-refractivity contribution in [2.75, 3.05) is 25.4 Å². The quantitative estimate of drug-likeness (QED) is 0.833. The van der Waals surface area contributed by atoms with Gasteiger partial charge in [-0.15, -0.1) is 0 Å². The van der Waals surface area contributed by atoms with E-state index in [1.54, 1.807) is 18.2 Å². The maximum Gasteiger partial charge on any atom is 0.243 e. The van der Waals surface area contributed by atoms with E-state index in [0.29, 0.717) is 29.9 Å². The van der Waals surface area contributed by atoms with Crippen LogP contribution in [-0.2, 0) is 14.8 Å². The van der Waals surface area contributed by atoms with Crippen molar-refractivity contribution in [2.45, 2.75) is 30.8 Å². The fourth-order valence-electron chi connectivity index (χ4n) is 2.29. The zero-order chi connectivity index (χ0) is 14.8. The second kappa shape index (κ2) is 6.43. The first kappa shape index (κ1) is 15.8. The maximum atomic E-state index is 12.5. The molecule has 0 radical (unpaired) electrons. The average Bonchev–Trinajstić information content (AvgIpc) is 2.43. The monoisotopic (exact) mass is 362 g/mol. The van der Waals surface area contributed by atoms with Gasteiger partial charge in [-0.05, 0) is 53.9 Å². The van der Waals surface area contributed by atoms with Crippen LogP contribution in [0.2, 0.25) is 0 Å². The molecule has 0 aromatic heterocycles. The number of anilines is 1. The van der Waals surface area contributed by atoms with Gasteiger partial charge < -0.3 is 10.5 Å². The second-order valence-corrected chi connectivity index (χ2v) is 7.53. The number of rotatable bonds is 4. The lowest BCUT2D eigenvalue weighted by molar-refractivity contribution is 0.0290. The number of nitrogen functional groups attached to an aromatic ring is 1. The van der Waals surface area contributed by atoms with E-state index in [1.807, 2.05) is 6.92 Å². The van der Waals surface area contributed by atoms with Crippen molar-refractivity contribution in [3.63, 3.8) is 0 Å². The Labute approximate surface area is 128 Å². The molecule has 1 aliphatic heterocycles. The van der Waals surface area contributed by atoms with E-state index in [9.17, 15) is 8.42 Å². The minimum atomic E-state index is -3.45. The molecule has 0 bridgehead atoms. The second-order valence-electron chi connectivity index (χ2n) is 4.74. The predicted molar refractivity (Wildman–Crippen MR) is 82.0 cm³/mol. The largest absolute Gasteiger partial charge is 0.398 e. The Morgan fingerprint density at radius 1 is 1.40 bits per heavy atom. The van der Waals surface area contributed by atoms with Gasteiger partial charge in [0.15, 0.2) is 0 Å². The van der Waals surface area contributed by atoms with Gasteiger partial charge in [-0.1, -0.05) is 0 Å². The summed E-state index contributed by atoms with van der Waals surface area (Å²) in [7, 11) is -3.45. The number of piperidine rings is 1. The number of halogens is 1. The van der Waals surface area contributed by atoms with Crippen molar-refractivity contribution in [1.29, 1.82) is 0 Å². The highest BCUT2D eigenvalue weighted by atomic mass is 79.9. The fourth-order valence-corrected chi connectivity index (χ4v) is 4.32. The molecule has 2 N–H and O–H groups in total. The summed E-state index contributed by atoms with van der Waals surface area (Å²) in [6, 6.07) is 4.70. The summed E-state index contributed by atoms with van der Waals surface area (Å²) in [5.41, 5.74) is 6.22. The molecule has 1 aliphatic rings. The van der Waals surface area contributed by atoms with Crippen LogP contribution >= 0.6 is 15.9 Å². The average molecular weight is 363 g/mol. The Bertz CT molecular complexity index is 569. The topological polar surface area (TPSA) is 72.6 Å². The molecule has 0 saturated carbocycles. The summed E-state index contributed by atoms with van der Waals surface area (Å²) in [5, 5.41) is 0. The third-order valence-electron chi connectivity index (χ3n) is 3.41. The molecular weight excluding hydrogens is 344 g/mol. The molecule has 1 aromatic carbocycles. The highest BCUT2D eigenvalue weighted by Gasteiger charge is 2.29. The van der Waals surface area contributed by atoms with Crippen molar-refractivity contribution < 1.29 is 13.2 Å². The first-order chi connectivity index (χ1) is 9.45. The minimum absolute atomic E-state index is 0.171. The predicted octanol–water partition coefficient (Wildman–Crippen LogP) is 2.22. The van der Waals surface area contributed by atoms with Crippen LogP contribution in [0.15, 0.2) is 27.6 Å². The van der Waals surface area contributed by atoms with E-state index in [4.69, 9.17) is 10.5 Å². The van der Waals surface area contributed by atoms with Crippen LogP contribution in [0, 0.1) is 0 Å². The van der Waals surface area contributed by atoms with Gasteiger partial charge in [-0.25, -0.2) is 8.42 Å². The lowest BCUT2D eigenvalue weighted by Gasteiger charge is -2.31. The van der Waals surface area contributed by atoms with Gasteiger partial charge in [-0.3, -0.25) is 0 Å². The third-order valence-corrected chi connectivity index (χ3v) is 5.99. The number of hydrogen-bond acceptors (Lipinski definition) is 4. The molecule has 7 heteroatoms. The summed E-state index contributed by atoms with van der Waals surface area (Å²) in [6.07, 6.45) is 1.65. The minimum Gasteiger partial charge on any atom is -0.398 e. The van der Waals surface area contributed by atoms with Gasteiger partial charge in [0.05, 0.1) is 11.0 Å². The van der Waals surface area contributed by atoms with Crippen LogP contribution in [0.3, 0.4) is 0 Å². The molecule has 1 saturated heterocycles. The summed E-state index contributed by atoms with van der Waals surface area (Å²) in [6.45, 7) is 3.61. The van der Waals surface area contributed by atoms with Gasteiger partial charge in [-0.2, -0.15) is 4.31 Å². The fraction of sp³-hybridized carbons (Fsp3) is 0.538. The molecule has 0 unspecified atom stereocenters. The Hall–Kier alpha value is -0.630. The van der Waals surface area contributed by atoms with Crippen molar-refractivity contribution >= 4 is 31.6 Å². The number of ether oxygens (including phenoxy) is 1. The summed E-state index contributed by atoms with van der Waals surface area (Å²) in [4.78, 5) is 0.272. The molecule has 2 rings (SSSR count). The van der Waals surface area contributed by atoms with Crippen LogP contribution < -0.4 is 5.73 Å². The zero-order valence-electron chi connectivity index (χ0n) is 11.4. The van der Waals surface area contributed by atoms with Gasteiger partial charge in [0.2, 0.25) is 10.0 Å². The number of nitrogens with two attached hydrogens (primary N) is 1. The van der Waals surface area contributed by atoms with E-state index in [1.165, 1.54) is 4.31 Å². The highest BCUT2D eigenvalue weighted by Crippen LogP contribution is 2.27. The molecule has 1 aromatic rings. The first-order valence-corrected chi connectivity index (χ1v) is 8.85. The molecule has 1 fully saturated rings. The van der Waals surface area contributed by atoms with E-state index in [0.717, 1.165) is 12.8 Å². The summed E-state index contributed by atoms with van der Waals surface area (Å²) in [5.74, 6) is 0. The normalized spacial score (nSPS) is 18.3. The maximum absolute atomic E-state index is 12.5. The molecule has 0 atom stereocenters. The molecule has 112 valence electrons. The SMILES string of the molecule is CCOC1CCN(S(=O)(=O)c2ccc(N)c(Br)c2)CC1. The standard InChI is InChI=1S/C13H19BrN2O3S/c1-2-19-10-5-7-16(8-6-10)20(17,18)11-3-4-13(15)12(14)9-11/h3-4,9-10H,2,5-8,15H2,1H3. The Balaban J connectivity index is 2.13. The number of hydrogen-bond donors (Lipinski definition) is 1. The van der Waals surface area contributed by atoms with Crippen LogP contribution in [0.1, 0.15) is 19.8 Å². The zero-order valence-corrected chi connectivity index (χ0v) is 13.8. The smallest absolute Gasteiger partial charge is 0.243 e. The van der Waals surface area contributed by atoms with Crippen LogP contribution in [0.25, 0.3) is 0 Å². The lowest BCUT2D eigenvalue weighted by Crippen LogP contribution is -2.40. The molecule has 0 spiro atoms. The Morgan fingerprint density at radius 3 is 2.60 bits per heavy atom. The third kappa shape index (κ3) is 3.33. The van der Waals surface area contributed by atoms with Crippen LogP contribution in [0.4, 0.5) is 5.69 Å². The van der Waals surface area contributed by atoms with E-state index >= 15 is 0 Å². The Morgan fingerprint density at radius 2 is 2.05 bits per heavy atom. The van der Waals surface area contributed by atoms with Crippen molar-refractivity contribution in [2.24, 2.45) is 0 Å². The summed E-state index contributed by atoms with van der Waals surface area (Å²) >= 11 is 3.26. The van der Waals surface area contributed by atoms with Crippen molar-refractivity contribution in [3.05, 3.63) is 22.7 Å². The highest BCUT2D eigenvalue weighted by molar-refractivity contribution is 9.10. The molecule has 1 heterocycles. The molecule has 20 heavy (non-hydrogen) atoms.